The van der Waals surface area contributed by atoms with E-state index in [0.717, 1.165) is 37.4 Å². The van der Waals surface area contributed by atoms with Crippen LogP contribution in [0.4, 0.5) is 0 Å². The number of aryl methyl sites for hydroxylation is 1. The van der Waals surface area contributed by atoms with Crippen molar-refractivity contribution >= 4 is 10.0 Å². The Hall–Kier alpha value is -1.05. The Morgan fingerprint density at radius 1 is 1.17 bits per heavy atom. The molecule has 1 aromatic rings. The summed E-state index contributed by atoms with van der Waals surface area (Å²) < 4.78 is 24.9. The van der Waals surface area contributed by atoms with E-state index in [1.165, 1.54) is 19.1 Å². The highest BCUT2D eigenvalue weighted by Gasteiger charge is 2.31. The van der Waals surface area contributed by atoms with Gasteiger partial charge in [-0.05, 0) is 45.2 Å². The van der Waals surface area contributed by atoms with E-state index in [1.807, 2.05) is 19.2 Å². The molecule has 128 valence electrons. The van der Waals surface area contributed by atoms with Crippen molar-refractivity contribution in [3.05, 3.63) is 23.8 Å². The fourth-order valence-electron chi connectivity index (χ4n) is 3.82. The van der Waals surface area contributed by atoms with Gasteiger partial charge in [0, 0.05) is 43.5 Å². The first-order chi connectivity index (χ1) is 10.9. The van der Waals surface area contributed by atoms with E-state index in [1.54, 1.807) is 4.31 Å². The molecule has 3 heterocycles. The van der Waals surface area contributed by atoms with E-state index >= 15 is 0 Å². The zero-order valence-corrected chi connectivity index (χ0v) is 14.8. The molecule has 3 rings (SSSR count). The van der Waals surface area contributed by atoms with Crippen LogP contribution in [-0.2, 0) is 10.0 Å². The summed E-state index contributed by atoms with van der Waals surface area (Å²) in [5.74, 6) is 1.31. The third-order valence-corrected chi connectivity index (χ3v) is 6.38. The van der Waals surface area contributed by atoms with Gasteiger partial charge in [-0.15, -0.1) is 0 Å². The van der Waals surface area contributed by atoms with Gasteiger partial charge in [0.15, 0.2) is 0 Å². The zero-order chi connectivity index (χ0) is 16.4. The molecule has 1 atom stereocenters. The normalized spacial score (nSPS) is 25.6. The maximum Gasteiger partial charge on any atom is 0.211 e. The van der Waals surface area contributed by atoms with Gasteiger partial charge >= 0.3 is 0 Å². The summed E-state index contributed by atoms with van der Waals surface area (Å²) in [4.78, 5) is 11.3. The number of rotatable bonds is 3. The van der Waals surface area contributed by atoms with Crippen LogP contribution < -0.4 is 0 Å². The summed E-state index contributed by atoms with van der Waals surface area (Å²) in [7, 11) is -3.04. The molecular formula is C16H26N4O2S. The highest BCUT2D eigenvalue weighted by Crippen LogP contribution is 2.29. The van der Waals surface area contributed by atoms with Gasteiger partial charge < -0.3 is 0 Å². The lowest BCUT2D eigenvalue weighted by atomic mass is 9.92. The fourth-order valence-corrected chi connectivity index (χ4v) is 4.69. The minimum Gasteiger partial charge on any atom is -0.300 e. The molecule has 2 aliphatic rings. The Morgan fingerprint density at radius 2 is 1.91 bits per heavy atom. The first-order valence-corrected chi connectivity index (χ1v) is 10.3. The van der Waals surface area contributed by atoms with E-state index in [4.69, 9.17) is 0 Å². The average molecular weight is 338 g/mol. The molecule has 6 nitrogen and oxygen atoms in total. The average Bonchev–Trinajstić information content (AvgIpc) is 2.54. The van der Waals surface area contributed by atoms with Crippen molar-refractivity contribution in [3.8, 4) is 0 Å². The number of sulfonamides is 1. The van der Waals surface area contributed by atoms with Crippen molar-refractivity contribution in [2.45, 2.75) is 44.6 Å². The van der Waals surface area contributed by atoms with Crippen molar-refractivity contribution in [2.24, 2.45) is 0 Å². The van der Waals surface area contributed by atoms with Crippen LogP contribution in [0.2, 0.25) is 0 Å². The lowest BCUT2D eigenvalue weighted by Crippen LogP contribution is -2.49. The maximum atomic E-state index is 11.6. The molecule has 0 aliphatic carbocycles. The second kappa shape index (κ2) is 6.83. The Labute approximate surface area is 139 Å². The predicted molar refractivity (Wildman–Crippen MR) is 89.8 cm³/mol. The molecule has 0 aromatic carbocycles. The highest BCUT2D eigenvalue weighted by atomic mass is 32.2. The van der Waals surface area contributed by atoms with E-state index in [-0.39, 0.29) is 0 Å². The highest BCUT2D eigenvalue weighted by molar-refractivity contribution is 7.88. The largest absolute Gasteiger partial charge is 0.300 e. The summed E-state index contributed by atoms with van der Waals surface area (Å²) >= 11 is 0. The van der Waals surface area contributed by atoms with Crippen LogP contribution in [0.5, 0.6) is 0 Å². The van der Waals surface area contributed by atoms with E-state index < -0.39 is 10.0 Å². The predicted octanol–water partition coefficient (Wildman–Crippen LogP) is 1.39. The second-order valence-electron chi connectivity index (χ2n) is 6.76. The van der Waals surface area contributed by atoms with Crippen LogP contribution in [0, 0.1) is 6.92 Å². The van der Waals surface area contributed by atoms with Crippen molar-refractivity contribution in [1.29, 1.82) is 0 Å². The van der Waals surface area contributed by atoms with Crippen LogP contribution in [0.1, 0.15) is 43.1 Å². The fraction of sp³-hybridized carbons (Fsp3) is 0.750. The second-order valence-corrected chi connectivity index (χ2v) is 8.74. The third-order valence-electron chi connectivity index (χ3n) is 5.08. The van der Waals surface area contributed by atoms with Gasteiger partial charge in [-0.3, -0.25) is 4.90 Å². The molecule has 0 bridgehead atoms. The number of piperidine rings is 2. The molecule has 1 unspecified atom stereocenters. The topological polar surface area (TPSA) is 66.4 Å². The number of aromatic nitrogens is 2. The molecule has 0 saturated carbocycles. The molecule has 7 heteroatoms. The van der Waals surface area contributed by atoms with Gasteiger partial charge in [0.1, 0.15) is 5.82 Å². The Balaban J connectivity index is 1.61. The summed E-state index contributed by atoms with van der Waals surface area (Å²) in [6, 6.07) is 2.53. The zero-order valence-electron chi connectivity index (χ0n) is 14.0. The smallest absolute Gasteiger partial charge is 0.211 e. The molecule has 0 N–H and O–H groups in total. The molecule has 0 radical (unpaired) electrons. The molecule has 2 aliphatic heterocycles. The summed E-state index contributed by atoms with van der Waals surface area (Å²) in [6.07, 6.45) is 7.38. The lowest BCUT2D eigenvalue weighted by Gasteiger charge is -2.41. The Bertz CT molecular complexity index is 641. The van der Waals surface area contributed by atoms with Crippen molar-refractivity contribution in [1.82, 2.24) is 19.2 Å². The standard InChI is InChI=1S/C16H26N4O2S/c1-13-17-8-5-16(18-13)14-4-3-9-19(12-14)15-6-10-20(11-7-15)23(2,21)22/h5,8,14-15H,3-4,6-7,9-12H2,1-2H3. The third kappa shape index (κ3) is 4.08. The van der Waals surface area contributed by atoms with Crippen molar-refractivity contribution < 1.29 is 8.42 Å². The van der Waals surface area contributed by atoms with Gasteiger partial charge in [0.25, 0.3) is 0 Å². The molecule has 0 spiro atoms. The van der Waals surface area contributed by atoms with E-state index in [0.29, 0.717) is 25.0 Å². The van der Waals surface area contributed by atoms with Crippen molar-refractivity contribution in [3.63, 3.8) is 0 Å². The monoisotopic (exact) mass is 338 g/mol. The van der Waals surface area contributed by atoms with Gasteiger partial charge in [-0.2, -0.15) is 0 Å². The molecule has 2 fully saturated rings. The molecule has 1 aromatic heterocycles. The summed E-state index contributed by atoms with van der Waals surface area (Å²) in [6.45, 7) is 5.38. The number of hydrogen-bond acceptors (Lipinski definition) is 5. The summed E-state index contributed by atoms with van der Waals surface area (Å²) in [5, 5.41) is 0. The lowest BCUT2D eigenvalue weighted by molar-refractivity contribution is 0.106. The van der Waals surface area contributed by atoms with Crippen molar-refractivity contribution in [2.75, 3.05) is 32.4 Å². The number of likely N-dealkylation sites (tertiary alicyclic amines) is 1. The molecule has 23 heavy (non-hydrogen) atoms. The summed E-state index contributed by atoms with van der Waals surface area (Å²) in [5.41, 5.74) is 1.15. The number of hydrogen-bond donors (Lipinski definition) is 0. The van der Waals surface area contributed by atoms with Gasteiger partial charge in [-0.25, -0.2) is 22.7 Å². The van der Waals surface area contributed by atoms with Gasteiger partial charge in [-0.1, -0.05) is 0 Å². The molecule has 0 amide bonds. The number of nitrogens with zero attached hydrogens (tertiary/aromatic N) is 4. The van der Waals surface area contributed by atoms with Crippen LogP contribution in [-0.4, -0.2) is 66.1 Å². The minimum absolute atomic E-state index is 0.471. The Kier molecular flexibility index (Phi) is 4.98. The SMILES string of the molecule is Cc1nccc(C2CCCN(C3CCN(S(C)(=O)=O)CC3)C2)n1. The quantitative estimate of drug-likeness (QED) is 0.833. The minimum atomic E-state index is -3.04. The van der Waals surface area contributed by atoms with Crippen LogP contribution in [0.15, 0.2) is 12.3 Å². The van der Waals surface area contributed by atoms with Crippen LogP contribution >= 0.6 is 0 Å². The first-order valence-electron chi connectivity index (χ1n) is 8.42. The van der Waals surface area contributed by atoms with Gasteiger partial charge in [0.2, 0.25) is 10.0 Å². The van der Waals surface area contributed by atoms with Crippen LogP contribution in [0.3, 0.4) is 0 Å². The van der Waals surface area contributed by atoms with E-state index in [9.17, 15) is 8.42 Å². The van der Waals surface area contributed by atoms with Gasteiger partial charge in [0.05, 0.1) is 6.26 Å². The molecular weight excluding hydrogens is 312 g/mol. The van der Waals surface area contributed by atoms with Crippen LogP contribution in [0.25, 0.3) is 0 Å². The van der Waals surface area contributed by atoms with E-state index in [2.05, 4.69) is 14.9 Å². The first kappa shape index (κ1) is 16.8. The Morgan fingerprint density at radius 3 is 2.57 bits per heavy atom. The maximum absolute atomic E-state index is 11.6. The molecule has 2 saturated heterocycles.